The summed E-state index contributed by atoms with van der Waals surface area (Å²) in [7, 11) is 1.63. The molecule has 0 heterocycles. The number of anilines is 1. The zero-order chi connectivity index (χ0) is 15.9. The fraction of sp³-hybridized carbons (Fsp3) is 0.278. The number of aryl methyl sites for hydroxylation is 1. The normalized spacial score (nSPS) is 11.7. The summed E-state index contributed by atoms with van der Waals surface area (Å²) >= 11 is 0. The molecule has 116 valence electrons. The molecule has 2 aromatic rings. The first kappa shape index (κ1) is 15.9. The minimum atomic E-state index is -0.0595. The van der Waals surface area contributed by atoms with Gasteiger partial charge in [-0.15, -0.1) is 0 Å². The van der Waals surface area contributed by atoms with Crippen LogP contribution in [0.5, 0.6) is 5.75 Å². The number of nitrogens with one attached hydrogen (secondary N) is 1. The molecule has 22 heavy (non-hydrogen) atoms. The second-order valence-corrected chi connectivity index (χ2v) is 5.26. The average Bonchev–Trinajstić information content (AvgIpc) is 2.54. The Morgan fingerprint density at radius 1 is 1.23 bits per heavy atom. The lowest BCUT2D eigenvalue weighted by Crippen LogP contribution is -2.26. The highest BCUT2D eigenvalue weighted by atomic mass is 16.5. The van der Waals surface area contributed by atoms with Crippen LogP contribution >= 0.6 is 0 Å². The first-order valence-corrected chi connectivity index (χ1v) is 7.37. The number of nitrogen functional groups attached to an aromatic ring is 1. The summed E-state index contributed by atoms with van der Waals surface area (Å²) in [4.78, 5) is 12.1. The molecule has 0 saturated heterocycles. The number of amides is 1. The van der Waals surface area contributed by atoms with Gasteiger partial charge in [0.1, 0.15) is 5.75 Å². The number of para-hydroxylation sites is 1. The van der Waals surface area contributed by atoms with Crippen LogP contribution in [0.1, 0.15) is 30.5 Å². The second-order valence-electron chi connectivity index (χ2n) is 5.26. The lowest BCUT2D eigenvalue weighted by atomic mass is 10.1. The first-order valence-electron chi connectivity index (χ1n) is 7.37. The third kappa shape index (κ3) is 4.25. The number of nitrogens with two attached hydrogens (primary N) is 1. The Labute approximate surface area is 131 Å². The summed E-state index contributed by atoms with van der Waals surface area (Å²) in [5.74, 6) is 0.800. The minimum Gasteiger partial charge on any atom is -0.497 e. The Morgan fingerprint density at radius 3 is 2.73 bits per heavy atom. The summed E-state index contributed by atoms with van der Waals surface area (Å²) in [5, 5.41) is 3.00. The van der Waals surface area contributed by atoms with E-state index in [0.717, 1.165) is 22.6 Å². The third-order valence-corrected chi connectivity index (χ3v) is 3.65. The molecule has 0 aliphatic heterocycles. The largest absolute Gasteiger partial charge is 0.497 e. The summed E-state index contributed by atoms with van der Waals surface area (Å²) in [5.41, 5.74) is 8.64. The molecular formula is C18H22N2O2. The molecule has 0 aliphatic carbocycles. The van der Waals surface area contributed by atoms with Crippen molar-refractivity contribution in [1.82, 2.24) is 5.32 Å². The van der Waals surface area contributed by atoms with Gasteiger partial charge in [0.2, 0.25) is 5.91 Å². The highest BCUT2D eigenvalue weighted by molar-refractivity contribution is 5.77. The summed E-state index contributed by atoms with van der Waals surface area (Å²) in [6.07, 6.45) is 1.06. The summed E-state index contributed by atoms with van der Waals surface area (Å²) in [6, 6.07) is 15.3. The Balaban J connectivity index is 1.90. The number of carbonyl (C=O) groups excluding carboxylic acids is 1. The maximum atomic E-state index is 12.1. The van der Waals surface area contributed by atoms with Crippen LogP contribution in [-0.4, -0.2) is 13.0 Å². The van der Waals surface area contributed by atoms with E-state index in [2.05, 4.69) is 5.32 Å². The van der Waals surface area contributed by atoms with Crippen molar-refractivity contribution in [2.45, 2.75) is 25.8 Å². The van der Waals surface area contributed by atoms with Crippen LogP contribution in [0.3, 0.4) is 0 Å². The molecule has 4 nitrogen and oxygen atoms in total. The van der Waals surface area contributed by atoms with E-state index in [0.29, 0.717) is 12.8 Å². The Hall–Kier alpha value is -2.49. The van der Waals surface area contributed by atoms with Crippen molar-refractivity contribution in [2.75, 3.05) is 12.8 Å². The zero-order valence-corrected chi connectivity index (χ0v) is 13.0. The van der Waals surface area contributed by atoms with Gasteiger partial charge in [-0.25, -0.2) is 0 Å². The molecule has 1 unspecified atom stereocenters. The van der Waals surface area contributed by atoms with Crippen molar-refractivity contribution in [3.8, 4) is 5.75 Å². The smallest absolute Gasteiger partial charge is 0.220 e. The van der Waals surface area contributed by atoms with Crippen LogP contribution < -0.4 is 15.8 Å². The van der Waals surface area contributed by atoms with Crippen molar-refractivity contribution in [3.63, 3.8) is 0 Å². The number of carbonyl (C=O) groups is 1. The zero-order valence-electron chi connectivity index (χ0n) is 13.0. The quantitative estimate of drug-likeness (QED) is 0.805. The molecule has 0 fully saturated rings. The van der Waals surface area contributed by atoms with Gasteiger partial charge in [-0.05, 0) is 42.7 Å². The Morgan fingerprint density at radius 2 is 2.00 bits per heavy atom. The van der Waals surface area contributed by atoms with E-state index in [1.54, 1.807) is 7.11 Å². The maximum absolute atomic E-state index is 12.1. The fourth-order valence-corrected chi connectivity index (χ4v) is 2.32. The minimum absolute atomic E-state index is 0.0126. The van der Waals surface area contributed by atoms with Crippen LogP contribution in [0.4, 0.5) is 5.69 Å². The van der Waals surface area contributed by atoms with Crippen molar-refractivity contribution in [1.29, 1.82) is 0 Å². The van der Waals surface area contributed by atoms with Gasteiger partial charge >= 0.3 is 0 Å². The predicted octanol–water partition coefficient (Wildman–Crippen LogP) is 3.09. The topological polar surface area (TPSA) is 64.3 Å². The molecule has 1 atom stereocenters. The second kappa shape index (κ2) is 7.50. The fourth-order valence-electron chi connectivity index (χ4n) is 2.32. The van der Waals surface area contributed by atoms with Crippen LogP contribution in [0.15, 0.2) is 48.5 Å². The predicted molar refractivity (Wildman–Crippen MR) is 88.7 cm³/mol. The Bertz CT molecular complexity index is 640. The van der Waals surface area contributed by atoms with Crippen LogP contribution in [0.2, 0.25) is 0 Å². The van der Waals surface area contributed by atoms with Gasteiger partial charge in [-0.3, -0.25) is 4.79 Å². The van der Waals surface area contributed by atoms with Crippen LogP contribution in [-0.2, 0) is 11.2 Å². The van der Waals surface area contributed by atoms with Gasteiger partial charge in [0.25, 0.3) is 0 Å². The van der Waals surface area contributed by atoms with Crippen molar-refractivity contribution < 1.29 is 9.53 Å². The first-order chi connectivity index (χ1) is 10.6. The molecule has 0 aromatic heterocycles. The van der Waals surface area contributed by atoms with Crippen molar-refractivity contribution in [3.05, 3.63) is 59.7 Å². The highest BCUT2D eigenvalue weighted by Crippen LogP contribution is 2.19. The SMILES string of the molecule is COc1cccc(C(C)NC(=O)CCc2ccccc2N)c1. The number of hydrogen-bond acceptors (Lipinski definition) is 3. The molecule has 0 radical (unpaired) electrons. The number of benzene rings is 2. The van der Waals surface area contributed by atoms with Gasteiger partial charge < -0.3 is 15.8 Å². The molecule has 4 heteroatoms. The van der Waals surface area contributed by atoms with Gasteiger partial charge in [0, 0.05) is 12.1 Å². The van der Waals surface area contributed by atoms with Crippen LogP contribution in [0, 0.1) is 0 Å². The molecule has 0 saturated carbocycles. The van der Waals surface area contributed by atoms with Gasteiger partial charge in [-0.1, -0.05) is 30.3 Å². The highest BCUT2D eigenvalue weighted by Gasteiger charge is 2.11. The average molecular weight is 298 g/mol. The Kier molecular flexibility index (Phi) is 5.42. The molecule has 2 rings (SSSR count). The molecule has 2 aromatic carbocycles. The monoisotopic (exact) mass is 298 g/mol. The summed E-state index contributed by atoms with van der Waals surface area (Å²) in [6.45, 7) is 1.96. The number of rotatable bonds is 6. The number of methoxy groups -OCH3 is 1. The third-order valence-electron chi connectivity index (χ3n) is 3.65. The lowest BCUT2D eigenvalue weighted by Gasteiger charge is -2.15. The van der Waals surface area contributed by atoms with E-state index in [-0.39, 0.29) is 11.9 Å². The van der Waals surface area contributed by atoms with E-state index in [9.17, 15) is 4.79 Å². The summed E-state index contributed by atoms with van der Waals surface area (Å²) < 4.78 is 5.20. The van der Waals surface area contributed by atoms with Crippen LogP contribution in [0.25, 0.3) is 0 Å². The van der Waals surface area contributed by atoms with Crippen molar-refractivity contribution in [2.24, 2.45) is 0 Å². The van der Waals surface area contributed by atoms with Crippen molar-refractivity contribution >= 4 is 11.6 Å². The maximum Gasteiger partial charge on any atom is 0.220 e. The van der Waals surface area contributed by atoms with E-state index in [1.807, 2.05) is 55.5 Å². The van der Waals surface area contributed by atoms with Gasteiger partial charge in [0.15, 0.2) is 0 Å². The van der Waals surface area contributed by atoms with E-state index >= 15 is 0 Å². The van der Waals surface area contributed by atoms with Gasteiger partial charge in [0.05, 0.1) is 13.2 Å². The molecule has 0 aliphatic rings. The van der Waals surface area contributed by atoms with E-state index < -0.39 is 0 Å². The molecule has 3 N–H and O–H groups in total. The lowest BCUT2D eigenvalue weighted by molar-refractivity contribution is -0.121. The standard InChI is InChI=1S/C18H22N2O2/c1-13(15-7-5-8-16(12-15)22-2)20-18(21)11-10-14-6-3-4-9-17(14)19/h3-9,12-13H,10-11,19H2,1-2H3,(H,20,21). The molecule has 0 bridgehead atoms. The van der Waals surface area contributed by atoms with E-state index in [4.69, 9.17) is 10.5 Å². The number of hydrogen-bond donors (Lipinski definition) is 2. The van der Waals surface area contributed by atoms with Gasteiger partial charge in [-0.2, -0.15) is 0 Å². The number of ether oxygens (including phenoxy) is 1. The van der Waals surface area contributed by atoms with E-state index in [1.165, 1.54) is 0 Å². The molecule has 0 spiro atoms. The molecular weight excluding hydrogens is 276 g/mol. The molecule has 1 amide bonds.